The standard InChI is InChI=1S/C24H27FN6O4/c1-3-4-21(32)29-7-9-30(10-8-29)23-27-12-16(13-28-23)18-6-5-17(11-19(18)25)31-14-20(35-24(31)34)15(2)22(26)33/h3-6,11-13,15,20H,7-10,14H2,1-2H3,(H2,26,33)/b4-3+. The molecule has 2 aromatic rings. The number of hydrogen-bond donors (Lipinski definition) is 1. The molecule has 0 spiro atoms. The van der Waals surface area contributed by atoms with Crippen LogP contribution in [-0.4, -0.2) is 71.6 Å². The number of nitrogens with two attached hydrogens (primary N) is 1. The number of allylic oxidation sites excluding steroid dienone is 1. The Hall–Kier alpha value is -4.02. The van der Waals surface area contributed by atoms with Gasteiger partial charge in [0.1, 0.15) is 11.9 Å². The van der Waals surface area contributed by atoms with Crippen LogP contribution in [0.15, 0.2) is 42.7 Å². The number of cyclic esters (lactones) is 1. The molecule has 0 radical (unpaired) electrons. The SMILES string of the molecule is C/C=C/C(=O)N1CCN(c2ncc(-c3ccc(N4CC(C(C)C(N)=O)OC4=O)cc3F)cn2)CC1. The third-order valence-electron chi connectivity index (χ3n) is 6.24. The van der Waals surface area contributed by atoms with E-state index in [2.05, 4.69) is 9.97 Å². The van der Waals surface area contributed by atoms with E-state index in [-0.39, 0.29) is 18.0 Å². The number of hydrogen-bond acceptors (Lipinski definition) is 7. The van der Waals surface area contributed by atoms with Crippen LogP contribution in [0.2, 0.25) is 0 Å². The summed E-state index contributed by atoms with van der Waals surface area (Å²) in [5, 5.41) is 0. The normalized spacial score (nSPS) is 19.2. The number of amides is 3. The lowest BCUT2D eigenvalue weighted by molar-refractivity contribution is -0.126. The second kappa shape index (κ2) is 10.1. The maximum Gasteiger partial charge on any atom is 0.414 e. The van der Waals surface area contributed by atoms with E-state index in [9.17, 15) is 18.8 Å². The zero-order valence-corrected chi connectivity index (χ0v) is 19.6. The number of primary amides is 1. The number of carbonyl (C=O) groups excluding carboxylic acids is 3. The van der Waals surface area contributed by atoms with Gasteiger partial charge in [-0.1, -0.05) is 6.08 Å². The van der Waals surface area contributed by atoms with E-state index in [0.717, 1.165) is 0 Å². The first kappa shape index (κ1) is 24.1. The summed E-state index contributed by atoms with van der Waals surface area (Å²) in [5.74, 6) is -1.27. The van der Waals surface area contributed by atoms with Crippen molar-refractivity contribution in [3.8, 4) is 11.1 Å². The van der Waals surface area contributed by atoms with Crippen molar-refractivity contribution in [1.29, 1.82) is 0 Å². The van der Waals surface area contributed by atoms with Crippen LogP contribution in [0.1, 0.15) is 13.8 Å². The van der Waals surface area contributed by atoms with Crippen LogP contribution >= 0.6 is 0 Å². The second-order valence-electron chi connectivity index (χ2n) is 8.47. The van der Waals surface area contributed by atoms with Gasteiger partial charge in [-0.2, -0.15) is 0 Å². The zero-order chi connectivity index (χ0) is 25.1. The third kappa shape index (κ3) is 5.08. The van der Waals surface area contributed by atoms with Crippen LogP contribution in [0.3, 0.4) is 0 Å². The number of halogens is 1. The number of carbonyl (C=O) groups is 3. The van der Waals surface area contributed by atoms with E-state index in [1.54, 1.807) is 48.5 Å². The Kier molecular flexibility index (Phi) is 6.94. The van der Waals surface area contributed by atoms with Gasteiger partial charge in [0, 0.05) is 49.7 Å². The highest BCUT2D eigenvalue weighted by Gasteiger charge is 2.38. The molecule has 0 bridgehead atoms. The molecule has 2 unspecified atom stereocenters. The van der Waals surface area contributed by atoms with Crippen LogP contribution in [-0.2, 0) is 14.3 Å². The van der Waals surface area contributed by atoms with Gasteiger partial charge in [-0.25, -0.2) is 19.2 Å². The van der Waals surface area contributed by atoms with Crippen molar-refractivity contribution < 1.29 is 23.5 Å². The van der Waals surface area contributed by atoms with Gasteiger partial charge in [0.15, 0.2) is 0 Å². The highest BCUT2D eigenvalue weighted by Crippen LogP contribution is 2.30. The van der Waals surface area contributed by atoms with Gasteiger partial charge in [0.05, 0.1) is 18.2 Å². The van der Waals surface area contributed by atoms with Gasteiger partial charge < -0.3 is 20.3 Å². The molecular weight excluding hydrogens is 455 g/mol. The fourth-order valence-electron chi connectivity index (χ4n) is 4.04. The van der Waals surface area contributed by atoms with Crippen molar-refractivity contribution in [3.63, 3.8) is 0 Å². The number of anilines is 2. The van der Waals surface area contributed by atoms with Crippen LogP contribution in [0, 0.1) is 11.7 Å². The number of aromatic nitrogens is 2. The number of ether oxygens (including phenoxy) is 1. The molecule has 10 nitrogen and oxygen atoms in total. The van der Waals surface area contributed by atoms with Crippen molar-refractivity contribution in [3.05, 3.63) is 48.6 Å². The van der Waals surface area contributed by atoms with Crippen LogP contribution < -0.4 is 15.5 Å². The monoisotopic (exact) mass is 482 g/mol. The van der Waals surface area contributed by atoms with Crippen molar-refractivity contribution in [2.24, 2.45) is 11.7 Å². The Bertz CT molecular complexity index is 1150. The predicted octanol–water partition coefficient (Wildman–Crippen LogP) is 1.95. The molecule has 0 aliphatic carbocycles. The lowest BCUT2D eigenvalue weighted by Crippen LogP contribution is -2.48. The molecule has 2 atom stereocenters. The largest absolute Gasteiger partial charge is 0.443 e. The number of piperazine rings is 1. The summed E-state index contributed by atoms with van der Waals surface area (Å²) in [7, 11) is 0. The molecule has 0 saturated carbocycles. The van der Waals surface area contributed by atoms with Gasteiger partial charge in [0.25, 0.3) is 0 Å². The molecule has 2 aliphatic rings. The number of benzene rings is 1. The second-order valence-corrected chi connectivity index (χ2v) is 8.47. The third-order valence-corrected chi connectivity index (χ3v) is 6.24. The molecule has 2 aliphatic heterocycles. The van der Waals surface area contributed by atoms with Crippen molar-refractivity contribution >= 4 is 29.5 Å². The molecule has 2 N–H and O–H groups in total. The first-order valence-corrected chi connectivity index (χ1v) is 11.3. The van der Waals surface area contributed by atoms with Gasteiger partial charge in [-0.05, 0) is 38.1 Å². The topological polar surface area (TPSA) is 122 Å². The van der Waals surface area contributed by atoms with Crippen molar-refractivity contribution in [2.75, 3.05) is 42.5 Å². The summed E-state index contributed by atoms with van der Waals surface area (Å²) in [6.07, 6.45) is 5.02. The van der Waals surface area contributed by atoms with Crippen molar-refractivity contribution in [2.45, 2.75) is 20.0 Å². The Labute approximate surface area is 202 Å². The van der Waals surface area contributed by atoms with Crippen LogP contribution in [0.25, 0.3) is 11.1 Å². The van der Waals surface area contributed by atoms with Gasteiger partial charge in [0.2, 0.25) is 17.8 Å². The summed E-state index contributed by atoms with van der Waals surface area (Å²) in [6.45, 7) is 5.85. The Morgan fingerprint density at radius 3 is 2.49 bits per heavy atom. The highest BCUT2D eigenvalue weighted by atomic mass is 19.1. The maximum absolute atomic E-state index is 15.0. The molecule has 2 fully saturated rings. The summed E-state index contributed by atoms with van der Waals surface area (Å²) in [6, 6.07) is 4.39. The van der Waals surface area contributed by atoms with E-state index in [4.69, 9.17) is 10.5 Å². The summed E-state index contributed by atoms with van der Waals surface area (Å²) in [4.78, 5) is 49.4. The first-order chi connectivity index (χ1) is 16.8. The summed E-state index contributed by atoms with van der Waals surface area (Å²) >= 11 is 0. The Morgan fingerprint density at radius 1 is 1.20 bits per heavy atom. The van der Waals surface area contributed by atoms with E-state index in [1.165, 1.54) is 11.0 Å². The average Bonchev–Trinajstić information content (AvgIpc) is 3.25. The smallest absolute Gasteiger partial charge is 0.414 e. The maximum atomic E-state index is 15.0. The van der Waals surface area contributed by atoms with Crippen LogP contribution in [0.4, 0.5) is 20.8 Å². The molecule has 3 amide bonds. The minimum Gasteiger partial charge on any atom is -0.443 e. The number of rotatable bonds is 6. The Morgan fingerprint density at radius 2 is 1.89 bits per heavy atom. The summed E-state index contributed by atoms with van der Waals surface area (Å²) in [5.41, 5.74) is 6.40. The van der Waals surface area contributed by atoms with E-state index in [0.29, 0.717) is 43.4 Å². The highest BCUT2D eigenvalue weighted by molar-refractivity contribution is 5.91. The molecule has 11 heteroatoms. The van der Waals surface area contributed by atoms with Gasteiger partial charge >= 0.3 is 6.09 Å². The fraction of sp³-hybridized carbons (Fsp3) is 0.375. The summed E-state index contributed by atoms with van der Waals surface area (Å²) < 4.78 is 20.2. The lowest BCUT2D eigenvalue weighted by Gasteiger charge is -2.34. The van der Waals surface area contributed by atoms with Crippen LogP contribution in [0.5, 0.6) is 0 Å². The van der Waals surface area contributed by atoms with Gasteiger partial charge in [-0.15, -0.1) is 0 Å². The minimum atomic E-state index is -0.688. The Balaban J connectivity index is 1.43. The molecule has 35 heavy (non-hydrogen) atoms. The average molecular weight is 483 g/mol. The minimum absolute atomic E-state index is 0.0116. The molecule has 1 aromatic heterocycles. The number of nitrogens with zero attached hydrogens (tertiary/aromatic N) is 5. The quantitative estimate of drug-likeness (QED) is 0.625. The molecule has 2 saturated heterocycles. The molecule has 184 valence electrons. The zero-order valence-electron chi connectivity index (χ0n) is 19.6. The van der Waals surface area contributed by atoms with E-state index >= 15 is 0 Å². The predicted molar refractivity (Wildman–Crippen MR) is 127 cm³/mol. The molecule has 1 aromatic carbocycles. The first-order valence-electron chi connectivity index (χ1n) is 11.3. The van der Waals surface area contributed by atoms with Crippen molar-refractivity contribution in [1.82, 2.24) is 14.9 Å². The lowest BCUT2D eigenvalue weighted by atomic mass is 10.0. The molecule has 3 heterocycles. The van der Waals surface area contributed by atoms with E-state index in [1.807, 2.05) is 11.8 Å². The van der Waals surface area contributed by atoms with Gasteiger partial charge in [-0.3, -0.25) is 14.5 Å². The van der Waals surface area contributed by atoms with E-state index < -0.39 is 29.8 Å². The molecular formula is C24H27FN6O4. The fourth-order valence-corrected chi connectivity index (χ4v) is 4.04. The molecule has 4 rings (SSSR count).